The molecule has 0 amide bonds. The van der Waals surface area contributed by atoms with E-state index in [1.54, 1.807) is 30.5 Å². The third-order valence-corrected chi connectivity index (χ3v) is 6.48. The lowest BCUT2D eigenvalue weighted by molar-refractivity contribution is -0.146. The summed E-state index contributed by atoms with van der Waals surface area (Å²) in [6.45, 7) is -0.751. The van der Waals surface area contributed by atoms with Crippen molar-refractivity contribution in [1.29, 1.82) is 0 Å². The summed E-state index contributed by atoms with van der Waals surface area (Å²) in [5.41, 5.74) is 5.89. The number of carboxylic acid groups (broad SMARTS) is 1. The van der Waals surface area contributed by atoms with Crippen molar-refractivity contribution >= 4 is 30.5 Å². The second-order valence-electron chi connectivity index (χ2n) is 7.85. The van der Waals surface area contributed by atoms with E-state index in [4.69, 9.17) is 19.5 Å². The van der Waals surface area contributed by atoms with Crippen molar-refractivity contribution in [3.05, 3.63) is 58.8 Å². The van der Waals surface area contributed by atoms with Crippen LogP contribution in [0.25, 0.3) is 10.9 Å². The number of aliphatic hydroxyl groups excluding tert-OH is 2. The third kappa shape index (κ3) is 5.44. The molecular weight excluding hydrogens is 487 g/mol. The number of H-pyrrole nitrogens is 1. The van der Waals surface area contributed by atoms with Gasteiger partial charge in [0.1, 0.15) is 24.1 Å². The number of rotatable bonds is 9. The molecule has 7 N–H and O–H groups in total. The maximum atomic E-state index is 12.5. The fourth-order valence-electron chi connectivity index (χ4n) is 3.74. The number of anilines is 1. The predicted molar refractivity (Wildman–Crippen MR) is 119 cm³/mol. The van der Waals surface area contributed by atoms with Crippen LogP contribution in [0.4, 0.5) is 5.82 Å². The molecule has 1 aromatic carbocycles. The monoisotopic (exact) mass is 510 g/mol. The summed E-state index contributed by atoms with van der Waals surface area (Å²) in [6.07, 6.45) is -5.10. The molecule has 35 heavy (non-hydrogen) atoms. The number of para-hydroxylation sites is 1. The highest BCUT2D eigenvalue weighted by Gasteiger charge is 2.45. The molecule has 15 heteroatoms. The Morgan fingerprint density at radius 1 is 1.29 bits per heavy atom. The largest absolute Gasteiger partial charge is 0.479 e. The molecule has 188 valence electrons. The molecule has 0 bridgehead atoms. The van der Waals surface area contributed by atoms with Gasteiger partial charge in [-0.3, -0.25) is 13.6 Å². The molecule has 2 unspecified atom stereocenters. The smallest absolute Gasteiger partial charge is 0.473 e. The number of aromatic amines is 1. The minimum atomic E-state index is -4.95. The lowest BCUT2D eigenvalue weighted by Gasteiger charge is -2.20. The number of nitrogens with one attached hydrogen (secondary N) is 1. The third-order valence-electron chi connectivity index (χ3n) is 5.48. The van der Waals surface area contributed by atoms with Crippen LogP contribution in [-0.2, 0) is 29.6 Å². The number of carboxylic acids is 1. The van der Waals surface area contributed by atoms with Gasteiger partial charge in [0.2, 0.25) is 0 Å². The van der Waals surface area contributed by atoms with Gasteiger partial charge in [-0.15, -0.1) is 0 Å². The van der Waals surface area contributed by atoms with Crippen molar-refractivity contribution in [3.63, 3.8) is 0 Å². The van der Waals surface area contributed by atoms with Gasteiger partial charge in [0.15, 0.2) is 12.3 Å². The van der Waals surface area contributed by atoms with Gasteiger partial charge in [-0.1, -0.05) is 18.2 Å². The first-order valence-electron chi connectivity index (χ1n) is 10.4. The number of phosphoric ester groups is 1. The Bertz CT molecular complexity index is 1330. The number of nitrogen functional groups attached to an aromatic ring is 1. The van der Waals surface area contributed by atoms with E-state index in [-0.39, 0.29) is 12.2 Å². The molecule has 0 spiro atoms. The second kappa shape index (κ2) is 9.87. The topological polar surface area (TPSA) is 219 Å². The molecule has 0 aliphatic carbocycles. The van der Waals surface area contributed by atoms with E-state index in [0.29, 0.717) is 5.56 Å². The van der Waals surface area contributed by atoms with Gasteiger partial charge in [0.05, 0.1) is 6.61 Å². The van der Waals surface area contributed by atoms with Gasteiger partial charge in [-0.2, -0.15) is 4.98 Å². The number of aromatic nitrogens is 3. The summed E-state index contributed by atoms with van der Waals surface area (Å²) in [7, 11) is -4.95. The van der Waals surface area contributed by atoms with Crippen LogP contribution < -0.4 is 11.4 Å². The molecule has 0 saturated carbocycles. The second-order valence-corrected chi connectivity index (χ2v) is 9.25. The molecule has 3 aromatic rings. The van der Waals surface area contributed by atoms with Gasteiger partial charge in [-0.05, 0) is 17.7 Å². The molecule has 0 radical (unpaired) electrons. The molecule has 6 atom stereocenters. The van der Waals surface area contributed by atoms with Crippen LogP contribution >= 0.6 is 7.82 Å². The normalized spacial score (nSPS) is 24.9. The van der Waals surface area contributed by atoms with E-state index in [9.17, 15) is 34.4 Å². The molecule has 1 aliphatic rings. The number of phosphoric acid groups is 1. The van der Waals surface area contributed by atoms with Gasteiger partial charge >= 0.3 is 19.5 Å². The standard InChI is InChI=1S/C20H23N4O10P/c21-15-5-6-24(20(29)23-15)18-17(26)16(25)14(33-18)9-32-35(30,31)34-13(19(27)28)7-10-8-22-12-4-2-1-3-11(10)12/h1-6,8,13-14,16-18,22,25-26H,7,9H2,(H,27,28)(H,30,31)(H2,21,23,29)/t13?,14-,16-,17+,18-/m1/s1. The van der Waals surface area contributed by atoms with Crippen LogP contribution in [0.3, 0.4) is 0 Å². The number of hydrogen-bond acceptors (Lipinski definition) is 10. The van der Waals surface area contributed by atoms with Crippen molar-refractivity contribution < 1.29 is 43.4 Å². The molecule has 1 saturated heterocycles. The number of nitrogens with zero attached hydrogens (tertiary/aromatic N) is 2. The molecule has 1 aliphatic heterocycles. The van der Waals surface area contributed by atoms with Gasteiger partial charge in [-0.25, -0.2) is 14.2 Å². The van der Waals surface area contributed by atoms with Crippen molar-refractivity contribution in [2.45, 2.75) is 37.1 Å². The minimum absolute atomic E-state index is 0.0573. The maximum Gasteiger partial charge on any atom is 0.473 e. The number of ether oxygens (including phenoxy) is 1. The van der Waals surface area contributed by atoms with E-state index in [0.717, 1.165) is 15.5 Å². The first-order chi connectivity index (χ1) is 16.6. The number of hydrogen-bond donors (Lipinski definition) is 6. The number of fused-ring (bicyclic) bond motifs is 1. The fraction of sp³-hybridized carbons (Fsp3) is 0.350. The molecule has 14 nitrogen and oxygen atoms in total. The lowest BCUT2D eigenvalue weighted by Crippen LogP contribution is -2.36. The first kappa shape index (κ1) is 25.0. The lowest BCUT2D eigenvalue weighted by atomic mass is 10.1. The number of benzene rings is 1. The van der Waals surface area contributed by atoms with Gasteiger partial charge in [0.25, 0.3) is 0 Å². The summed E-state index contributed by atoms with van der Waals surface area (Å²) < 4.78 is 28.5. The van der Waals surface area contributed by atoms with Gasteiger partial charge in [0, 0.05) is 29.7 Å². The zero-order valence-corrected chi connectivity index (χ0v) is 18.9. The average Bonchev–Trinajstić information content (AvgIpc) is 3.33. The Balaban J connectivity index is 1.41. The van der Waals surface area contributed by atoms with Crippen molar-refractivity contribution in [3.8, 4) is 0 Å². The number of carbonyl (C=O) groups is 1. The highest BCUT2D eigenvalue weighted by molar-refractivity contribution is 7.47. The molecule has 2 aromatic heterocycles. The van der Waals surface area contributed by atoms with Crippen LogP contribution in [0.15, 0.2) is 47.5 Å². The highest BCUT2D eigenvalue weighted by atomic mass is 31.2. The van der Waals surface area contributed by atoms with Gasteiger partial charge < -0.3 is 35.7 Å². The zero-order valence-electron chi connectivity index (χ0n) is 18.0. The van der Waals surface area contributed by atoms with Crippen molar-refractivity contribution in [2.75, 3.05) is 12.3 Å². The summed E-state index contributed by atoms with van der Waals surface area (Å²) in [5, 5.41) is 30.7. The average molecular weight is 510 g/mol. The van der Waals surface area contributed by atoms with E-state index >= 15 is 0 Å². The zero-order chi connectivity index (χ0) is 25.3. The van der Waals surface area contributed by atoms with Crippen molar-refractivity contribution in [1.82, 2.24) is 14.5 Å². The highest BCUT2D eigenvalue weighted by Crippen LogP contribution is 2.46. The number of nitrogens with two attached hydrogens (primary N) is 1. The number of aliphatic carboxylic acids is 1. The SMILES string of the molecule is Nc1ccn([C@@H]2O[C@H](COP(=O)(O)OC(Cc3c[nH]c4ccccc34)C(=O)O)[C@@H](O)[C@@H]2O)c(=O)n1. The van der Waals surface area contributed by atoms with Crippen LogP contribution in [0.1, 0.15) is 11.8 Å². The van der Waals surface area contributed by atoms with Crippen molar-refractivity contribution in [2.24, 2.45) is 0 Å². The molecular formula is C20H23N4O10P. The quantitative estimate of drug-likeness (QED) is 0.205. The van der Waals surface area contributed by atoms with E-state index < -0.39 is 56.7 Å². The molecule has 3 heterocycles. The minimum Gasteiger partial charge on any atom is -0.479 e. The van der Waals surface area contributed by atoms with E-state index in [1.165, 1.54) is 12.3 Å². The Morgan fingerprint density at radius 3 is 2.74 bits per heavy atom. The van der Waals surface area contributed by atoms with Crippen LogP contribution in [0.2, 0.25) is 0 Å². The first-order valence-corrected chi connectivity index (χ1v) is 11.8. The molecule has 1 fully saturated rings. The van der Waals surface area contributed by atoms with E-state index in [1.807, 2.05) is 0 Å². The van der Waals surface area contributed by atoms with E-state index in [2.05, 4.69) is 9.97 Å². The Kier molecular flexibility index (Phi) is 7.05. The summed E-state index contributed by atoms with van der Waals surface area (Å²) in [6, 6.07) is 8.39. The predicted octanol–water partition coefficient (Wildman–Crippen LogP) is -0.245. The fourth-order valence-corrected chi connectivity index (χ4v) is 4.63. The Labute approximate surface area is 197 Å². The Morgan fingerprint density at radius 2 is 2.03 bits per heavy atom. The summed E-state index contributed by atoms with van der Waals surface area (Å²) >= 11 is 0. The van der Waals surface area contributed by atoms with Crippen LogP contribution in [-0.4, -0.2) is 71.7 Å². The number of aliphatic hydroxyl groups is 2. The Hall–Kier alpha value is -3.10. The van der Waals surface area contributed by atoms with Crippen LogP contribution in [0.5, 0.6) is 0 Å². The summed E-state index contributed by atoms with van der Waals surface area (Å²) in [4.78, 5) is 40.3. The maximum absolute atomic E-state index is 12.5. The molecule has 4 rings (SSSR count). The van der Waals surface area contributed by atoms with Crippen LogP contribution in [0, 0.1) is 0 Å². The summed E-state index contributed by atoms with van der Waals surface area (Å²) in [5.74, 6) is -1.55.